The van der Waals surface area contributed by atoms with Gasteiger partial charge in [0.2, 0.25) is 0 Å². The van der Waals surface area contributed by atoms with Crippen molar-refractivity contribution >= 4 is 23.8 Å². The molecule has 2 N–H and O–H groups in total. The summed E-state index contributed by atoms with van der Waals surface area (Å²) in [5, 5.41) is 5.57. The number of carbonyl (C=O) groups excluding carboxylic acids is 4. The second kappa shape index (κ2) is 9.49. The monoisotopic (exact) mass is 429 g/mol. The van der Waals surface area contributed by atoms with Crippen molar-refractivity contribution in [3.63, 3.8) is 0 Å². The second-order valence-corrected chi connectivity index (χ2v) is 8.48. The molecule has 0 bridgehead atoms. The molecule has 1 saturated heterocycles. The van der Waals surface area contributed by atoms with Crippen LogP contribution in [0.3, 0.4) is 0 Å². The molecule has 1 aliphatic carbocycles. The number of rotatable bonds is 7. The molecule has 1 aromatic rings. The molecule has 0 radical (unpaired) electrons. The summed E-state index contributed by atoms with van der Waals surface area (Å²) in [5.41, 5.74) is 1.24. The first-order chi connectivity index (χ1) is 14.8. The van der Waals surface area contributed by atoms with Gasteiger partial charge in [0.25, 0.3) is 11.8 Å². The highest BCUT2D eigenvalue weighted by molar-refractivity contribution is 6.09. The van der Waals surface area contributed by atoms with E-state index in [2.05, 4.69) is 17.6 Å². The fourth-order valence-corrected chi connectivity index (χ4v) is 4.37. The van der Waals surface area contributed by atoms with Gasteiger partial charge in [-0.1, -0.05) is 51.0 Å². The van der Waals surface area contributed by atoms with Crippen LogP contribution in [-0.2, 0) is 25.5 Å². The van der Waals surface area contributed by atoms with E-state index in [4.69, 9.17) is 4.74 Å². The Labute approximate surface area is 182 Å². The SMILES string of the molecule is CCc1ccc([C@H](C)NC(=O)COC(=O)CN2C(=O)N[C@@]3(CCCC[C@@H]3C)C2=O)cc1. The summed E-state index contributed by atoms with van der Waals surface area (Å²) in [7, 11) is 0. The van der Waals surface area contributed by atoms with E-state index in [1.165, 1.54) is 5.56 Å². The van der Waals surface area contributed by atoms with Gasteiger partial charge in [0.05, 0.1) is 6.04 Å². The summed E-state index contributed by atoms with van der Waals surface area (Å²) in [6, 6.07) is 7.11. The van der Waals surface area contributed by atoms with Crippen molar-refractivity contribution in [1.29, 1.82) is 0 Å². The van der Waals surface area contributed by atoms with Crippen LogP contribution in [0, 0.1) is 5.92 Å². The van der Waals surface area contributed by atoms with Gasteiger partial charge in [-0.3, -0.25) is 19.3 Å². The van der Waals surface area contributed by atoms with Crippen LogP contribution in [0.2, 0.25) is 0 Å². The van der Waals surface area contributed by atoms with Gasteiger partial charge in [-0.2, -0.15) is 0 Å². The predicted octanol–water partition coefficient (Wildman–Crippen LogP) is 2.47. The van der Waals surface area contributed by atoms with E-state index < -0.39 is 36.6 Å². The van der Waals surface area contributed by atoms with Gasteiger partial charge in [0.15, 0.2) is 6.61 Å². The van der Waals surface area contributed by atoms with Gasteiger partial charge in [-0.15, -0.1) is 0 Å². The van der Waals surface area contributed by atoms with E-state index in [1.54, 1.807) is 0 Å². The Kier molecular flexibility index (Phi) is 6.97. The van der Waals surface area contributed by atoms with Crippen molar-refractivity contribution < 1.29 is 23.9 Å². The van der Waals surface area contributed by atoms with Crippen molar-refractivity contribution in [2.75, 3.05) is 13.2 Å². The van der Waals surface area contributed by atoms with Gasteiger partial charge in [0, 0.05) is 0 Å². The lowest BCUT2D eigenvalue weighted by Crippen LogP contribution is -2.54. The number of esters is 1. The lowest BCUT2D eigenvalue weighted by molar-refractivity contribution is -0.151. The third-order valence-electron chi connectivity index (χ3n) is 6.42. The molecular weight excluding hydrogens is 398 g/mol. The van der Waals surface area contributed by atoms with Crippen molar-refractivity contribution in [2.45, 2.75) is 64.5 Å². The number of amides is 4. The van der Waals surface area contributed by atoms with Crippen molar-refractivity contribution in [3.05, 3.63) is 35.4 Å². The van der Waals surface area contributed by atoms with Crippen LogP contribution in [0.15, 0.2) is 24.3 Å². The fraction of sp³-hybridized carbons (Fsp3) is 0.565. The summed E-state index contributed by atoms with van der Waals surface area (Å²) < 4.78 is 5.01. The molecule has 8 nitrogen and oxygen atoms in total. The van der Waals surface area contributed by atoms with Crippen molar-refractivity contribution in [2.24, 2.45) is 5.92 Å². The Morgan fingerprint density at radius 2 is 1.97 bits per heavy atom. The molecule has 0 unspecified atom stereocenters. The molecule has 2 fully saturated rings. The normalized spacial score (nSPS) is 24.1. The van der Waals surface area contributed by atoms with Gasteiger partial charge in [-0.25, -0.2) is 4.79 Å². The number of ether oxygens (including phenoxy) is 1. The lowest BCUT2D eigenvalue weighted by Gasteiger charge is -2.36. The van der Waals surface area contributed by atoms with Gasteiger partial charge >= 0.3 is 12.0 Å². The summed E-state index contributed by atoms with van der Waals surface area (Å²) in [6.45, 7) is 4.89. The third kappa shape index (κ3) is 4.89. The zero-order valence-electron chi connectivity index (χ0n) is 18.4. The maximum absolute atomic E-state index is 12.9. The molecule has 3 rings (SSSR count). The van der Waals surface area contributed by atoms with Crippen LogP contribution in [-0.4, -0.2) is 47.4 Å². The van der Waals surface area contributed by atoms with Gasteiger partial charge in [-0.05, 0) is 43.2 Å². The van der Waals surface area contributed by atoms with Crippen LogP contribution >= 0.6 is 0 Å². The van der Waals surface area contributed by atoms with Crippen LogP contribution in [0.25, 0.3) is 0 Å². The average Bonchev–Trinajstić information content (AvgIpc) is 2.99. The summed E-state index contributed by atoms with van der Waals surface area (Å²) in [4.78, 5) is 50.5. The van der Waals surface area contributed by atoms with Crippen LogP contribution in [0.1, 0.15) is 63.6 Å². The zero-order valence-corrected chi connectivity index (χ0v) is 18.4. The number of benzene rings is 1. The second-order valence-electron chi connectivity index (χ2n) is 8.48. The molecule has 3 atom stereocenters. The number of urea groups is 1. The van der Waals surface area contributed by atoms with E-state index in [1.807, 2.05) is 38.1 Å². The highest BCUT2D eigenvalue weighted by atomic mass is 16.5. The Hall–Kier alpha value is -2.90. The van der Waals surface area contributed by atoms with E-state index in [9.17, 15) is 19.2 Å². The van der Waals surface area contributed by atoms with E-state index >= 15 is 0 Å². The fourth-order valence-electron chi connectivity index (χ4n) is 4.37. The number of imide groups is 1. The highest BCUT2D eigenvalue weighted by Crippen LogP contribution is 2.38. The molecule has 1 aromatic carbocycles. The molecule has 4 amide bonds. The Morgan fingerprint density at radius 3 is 2.61 bits per heavy atom. The quantitative estimate of drug-likeness (QED) is 0.512. The minimum atomic E-state index is -0.921. The van der Waals surface area contributed by atoms with Crippen molar-refractivity contribution in [1.82, 2.24) is 15.5 Å². The highest BCUT2D eigenvalue weighted by Gasteiger charge is 2.55. The maximum Gasteiger partial charge on any atom is 0.326 e. The van der Waals surface area contributed by atoms with Gasteiger partial charge in [0.1, 0.15) is 12.1 Å². The average molecular weight is 430 g/mol. The first-order valence-corrected chi connectivity index (χ1v) is 10.9. The first-order valence-electron chi connectivity index (χ1n) is 10.9. The molecule has 1 spiro atoms. The minimum Gasteiger partial charge on any atom is -0.454 e. The summed E-state index contributed by atoms with van der Waals surface area (Å²) in [6.07, 6.45) is 4.24. The lowest BCUT2D eigenvalue weighted by atomic mass is 9.73. The molecule has 8 heteroatoms. The molecule has 1 heterocycles. The predicted molar refractivity (Wildman–Crippen MR) is 114 cm³/mol. The largest absolute Gasteiger partial charge is 0.454 e. The van der Waals surface area contributed by atoms with Crippen LogP contribution in [0.5, 0.6) is 0 Å². The van der Waals surface area contributed by atoms with E-state index in [-0.39, 0.29) is 17.9 Å². The minimum absolute atomic E-state index is 0.0115. The van der Waals surface area contributed by atoms with Crippen LogP contribution < -0.4 is 10.6 Å². The van der Waals surface area contributed by atoms with E-state index in [0.717, 1.165) is 36.1 Å². The van der Waals surface area contributed by atoms with E-state index in [0.29, 0.717) is 6.42 Å². The number of aryl methyl sites for hydroxylation is 1. The third-order valence-corrected chi connectivity index (χ3v) is 6.42. The molecule has 2 aliphatic rings. The first kappa shape index (κ1) is 22.8. The standard InChI is InChI=1S/C23H31N3O5/c1-4-17-8-10-18(11-9-17)16(3)24-19(27)14-31-20(28)13-26-21(29)23(25-22(26)30)12-6-5-7-15(23)2/h8-11,15-16H,4-7,12-14H2,1-3H3,(H,24,27)(H,25,30)/t15-,16-,23+/m0/s1. The summed E-state index contributed by atoms with van der Waals surface area (Å²) in [5.74, 6) is -1.61. The molecule has 0 aromatic heterocycles. The Balaban J connectivity index is 1.48. The smallest absolute Gasteiger partial charge is 0.326 e. The Morgan fingerprint density at radius 1 is 1.26 bits per heavy atom. The molecule has 31 heavy (non-hydrogen) atoms. The topological polar surface area (TPSA) is 105 Å². The Bertz CT molecular complexity index is 853. The molecular formula is C23H31N3O5. The molecule has 1 aliphatic heterocycles. The molecule has 168 valence electrons. The number of hydrogen-bond acceptors (Lipinski definition) is 5. The number of nitrogens with one attached hydrogen (secondary N) is 2. The van der Waals surface area contributed by atoms with Gasteiger partial charge < -0.3 is 15.4 Å². The number of nitrogens with zero attached hydrogens (tertiary/aromatic N) is 1. The molecule has 1 saturated carbocycles. The zero-order chi connectivity index (χ0) is 22.6. The van der Waals surface area contributed by atoms with Crippen molar-refractivity contribution in [3.8, 4) is 0 Å². The number of hydrogen-bond donors (Lipinski definition) is 2. The summed E-state index contributed by atoms with van der Waals surface area (Å²) >= 11 is 0. The maximum atomic E-state index is 12.9. The number of carbonyl (C=O) groups is 4. The van der Waals surface area contributed by atoms with Crippen LogP contribution in [0.4, 0.5) is 4.79 Å².